The lowest BCUT2D eigenvalue weighted by atomic mass is 9.95. The zero-order chi connectivity index (χ0) is 16.7. The molecule has 5 nitrogen and oxygen atoms in total. The number of hydrogen-bond acceptors (Lipinski definition) is 3. The van der Waals surface area contributed by atoms with Crippen LogP contribution in [0.2, 0.25) is 0 Å². The fraction of sp³-hybridized carbons (Fsp3) is 0.529. The SMILES string of the molecule is O=C(O)CCCCN1CCC(C(=O)Nc2ccc(Br)cc2)CC1. The van der Waals surface area contributed by atoms with Crippen molar-refractivity contribution >= 4 is 33.5 Å². The largest absolute Gasteiger partial charge is 0.481 e. The van der Waals surface area contributed by atoms with Gasteiger partial charge in [0.15, 0.2) is 0 Å². The van der Waals surface area contributed by atoms with Gasteiger partial charge in [0.1, 0.15) is 0 Å². The summed E-state index contributed by atoms with van der Waals surface area (Å²) >= 11 is 3.38. The second-order valence-electron chi connectivity index (χ2n) is 5.96. The third-order valence-corrected chi connectivity index (χ3v) is 4.71. The molecule has 0 aromatic heterocycles. The molecule has 0 bridgehead atoms. The Kier molecular flexibility index (Phi) is 7.05. The number of aliphatic carboxylic acids is 1. The van der Waals surface area contributed by atoms with Crippen LogP contribution in [-0.2, 0) is 9.59 Å². The summed E-state index contributed by atoms with van der Waals surface area (Å²) < 4.78 is 0.992. The first-order valence-corrected chi connectivity index (χ1v) is 8.84. The Morgan fingerprint density at radius 3 is 2.43 bits per heavy atom. The van der Waals surface area contributed by atoms with Gasteiger partial charge in [-0.15, -0.1) is 0 Å². The molecule has 1 aliphatic rings. The van der Waals surface area contributed by atoms with Crippen LogP contribution in [0.4, 0.5) is 5.69 Å². The molecule has 0 atom stereocenters. The van der Waals surface area contributed by atoms with Crippen LogP contribution in [0, 0.1) is 5.92 Å². The van der Waals surface area contributed by atoms with Gasteiger partial charge in [0.25, 0.3) is 0 Å². The van der Waals surface area contributed by atoms with Crippen molar-refractivity contribution in [2.45, 2.75) is 32.1 Å². The predicted molar refractivity (Wildman–Crippen MR) is 93.4 cm³/mol. The van der Waals surface area contributed by atoms with E-state index in [0.717, 1.165) is 55.5 Å². The van der Waals surface area contributed by atoms with Crippen molar-refractivity contribution in [2.24, 2.45) is 5.92 Å². The molecule has 0 radical (unpaired) electrons. The van der Waals surface area contributed by atoms with Crippen LogP contribution in [-0.4, -0.2) is 41.5 Å². The van der Waals surface area contributed by atoms with Crippen molar-refractivity contribution in [1.29, 1.82) is 0 Å². The maximum absolute atomic E-state index is 12.3. The number of likely N-dealkylation sites (tertiary alicyclic amines) is 1. The molecule has 6 heteroatoms. The number of halogens is 1. The Morgan fingerprint density at radius 2 is 1.83 bits per heavy atom. The molecule has 23 heavy (non-hydrogen) atoms. The number of unbranched alkanes of at least 4 members (excludes halogenated alkanes) is 1. The fourth-order valence-electron chi connectivity index (χ4n) is 2.81. The fourth-order valence-corrected chi connectivity index (χ4v) is 3.07. The number of amides is 1. The number of anilines is 1. The quantitative estimate of drug-likeness (QED) is 0.709. The van der Waals surface area contributed by atoms with Crippen LogP contribution < -0.4 is 5.32 Å². The molecule has 2 N–H and O–H groups in total. The predicted octanol–water partition coefficient (Wildman–Crippen LogP) is 3.35. The number of rotatable bonds is 7. The van der Waals surface area contributed by atoms with Gasteiger partial charge in [0.05, 0.1) is 0 Å². The van der Waals surface area contributed by atoms with Gasteiger partial charge >= 0.3 is 5.97 Å². The molecule has 0 saturated carbocycles. The highest BCUT2D eigenvalue weighted by Gasteiger charge is 2.24. The van der Waals surface area contributed by atoms with Gasteiger partial charge in [0, 0.05) is 22.5 Å². The standard InChI is InChI=1S/C17H23BrN2O3/c18-14-4-6-15(7-5-14)19-17(23)13-8-11-20(12-9-13)10-2-1-3-16(21)22/h4-7,13H,1-3,8-12H2,(H,19,23)(H,21,22). The average molecular weight is 383 g/mol. The van der Waals surface area contributed by atoms with Crippen LogP contribution in [0.5, 0.6) is 0 Å². The highest BCUT2D eigenvalue weighted by Crippen LogP contribution is 2.21. The summed E-state index contributed by atoms with van der Waals surface area (Å²) in [6.07, 6.45) is 3.59. The maximum Gasteiger partial charge on any atom is 0.303 e. The number of carboxylic acid groups (broad SMARTS) is 1. The number of nitrogens with zero attached hydrogens (tertiary/aromatic N) is 1. The Bertz CT molecular complexity index is 525. The van der Waals surface area contributed by atoms with Crippen molar-refractivity contribution in [3.05, 3.63) is 28.7 Å². The summed E-state index contributed by atoms with van der Waals surface area (Å²) in [7, 11) is 0. The Labute approximate surface area is 145 Å². The molecule has 0 spiro atoms. The Hall–Kier alpha value is -1.40. The van der Waals surface area contributed by atoms with Crippen molar-refractivity contribution in [3.8, 4) is 0 Å². The van der Waals surface area contributed by atoms with Crippen LogP contribution in [0.15, 0.2) is 28.7 Å². The molecule has 1 aromatic rings. The highest BCUT2D eigenvalue weighted by molar-refractivity contribution is 9.10. The minimum absolute atomic E-state index is 0.0638. The molecule has 1 aromatic carbocycles. The molecule has 2 rings (SSSR count). The molecule has 1 heterocycles. The summed E-state index contributed by atoms with van der Waals surface area (Å²) in [4.78, 5) is 25.1. The van der Waals surface area contributed by atoms with Gasteiger partial charge in [-0.2, -0.15) is 0 Å². The topological polar surface area (TPSA) is 69.6 Å². The first kappa shape index (κ1) is 17.9. The number of carbonyl (C=O) groups excluding carboxylic acids is 1. The van der Waals surface area contributed by atoms with E-state index in [2.05, 4.69) is 26.1 Å². The van der Waals surface area contributed by atoms with E-state index in [0.29, 0.717) is 0 Å². The zero-order valence-corrected chi connectivity index (χ0v) is 14.7. The van der Waals surface area contributed by atoms with Gasteiger partial charge in [0.2, 0.25) is 5.91 Å². The van der Waals surface area contributed by atoms with Gasteiger partial charge in [-0.1, -0.05) is 15.9 Å². The highest BCUT2D eigenvalue weighted by atomic mass is 79.9. The summed E-state index contributed by atoms with van der Waals surface area (Å²) in [5, 5.41) is 11.6. The Balaban J connectivity index is 1.68. The second-order valence-corrected chi connectivity index (χ2v) is 6.88. The van der Waals surface area contributed by atoms with Crippen molar-refractivity contribution in [2.75, 3.05) is 25.0 Å². The lowest BCUT2D eigenvalue weighted by Gasteiger charge is -2.31. The average Bonchev–Trinajstić information content (AvgIpc) is 2.54. The van der Waals surface area contributed by atoms with Gasteiger partial charge in [-0.3, -0.25) is 9.59 Å². The van der Waals surface area contributed by atoms with Gasteiger partial charge in [-0.05, 0) is 69.6 Å². The monoisotopic (exact) mass is 382 g/mol. The van der Waals surface area contributed by atoms with Crippen LogP contribution in [0.1, 0.15) is 32.1 Å². The molecular weight excluding hydrogens is 360 g/mol. The molecule has 126 valence electrons. The molecule has 1 fully saturated rings. The molecule has 0 unspecified atom stereocenters. The molecular formula is C17H23BrN2O3. The zero-order valence-electron chi connectivity index (χ0n) is 13.1. The van der Waals surface area contributed by atoms with E-state index < -0.39 is 5.97 Å². The summed E-state index contributed by atoms with van der Waals surface area (Å²) in [6.45, 7) is 2.74. The van der Waals surface area contributed by atoms with Crippen LogP contribution >= 0.6 is 15.9 Å². The number of carbonyl (C=O) groups is 2. The lowest BCUT2D eigenvalue weighted by molar-refractivity contribution is -0.137. The van der Waals surface area contributed by atoms with E-state index in [-0.39, 0.29) is 18.2 Å². The first-order chi connectivity index (χ1) is 11.0. The van der Waals surface area contributed by atoms with Crippen LogP contribution in [0.3, 0.4) is 0 Å². The summed E-state index contributed by atoms with van der Waals surface area (Å²) in [5.74, 6) is -0.569. The Morgan fingerprint density at radius 1 is 1.17 bits per heavy atom. The molecule has 0 aliphatic carbocycles. The molecule has 1 saturated heterocycles. The van der Waals surface area contributed by atoms with E-state index in [9.17, 15) is 9.59 Å². The third kappa shape index (κ3) is 6.31. The normalized spacial score (nSPS) is 16.2. The summed E-state index contributed by atoms with van der Waals surface area (Å²) in [6, 6.07) is 7.60. The number of benzene rings is 1. The van der Waals surface area contributed by atoms with Crippen molar-refractivity contribution < 1.29 is 14.7 Å². The first-order valence-electron chi connectivity index (χ1n) is 8.05. The van der Waals surface area contributed by atoms with Gasteiger partial charge in [-0.25, -0.2) is 0 Å². The van der Waals surface area contributed by atoms with Crippen molar-refractivity contribution in [1.82, 2.24) is 4.90 Å². The molecule has 1 aliphatic heterocycles. The lowest BCUT2D eigenvalue weighted by Crippen LogP contribution is -2.38. The minimum atomic E-state index is -0.728. The van der Waals surface area contributed by atoms with E-state index in [1.807, 2.05) is 24.3 Å². The number of nitrogens with one attached hydrogen (secondary N) is 1. The van der Waals surface area contributed by atoms with E-state index in [4.69, 9.17) is 5.11 Å². The third-order valence-electron chi connectivity index (χ3n) is 4.19. The van der Waals surface area contributed by atoms with Crippen LogP contribution in [0.25, 0.3) is 0 Å². The van der Waals surface area contributed by atoms with E-state index >= 15 is 0 Å². The van der Waals surface area contributed by atoms with Crippen molar-refractivity contribution in [3.63, 3.8) is 0 Å². The number of hydrogen-bond donors (Lipinski definition) is 2. The smallest absolute Gasteiger partial charge is 0.303 e. The molecule has 1 amide bonds. The number of carboxylic acids is 1. The second kappa shape index (κ2) is 9.03. The van der Waals surface area contributed by atoms with Gasteiger partial charge < -0.3 is 15.3 Å². The summed E-state index contributed by atoms with van der Waals surface area (Å²) in [5.41, 5.74) is 0.828. The maximum atomic E-state index is 12.3. The van der Waals surface area contributed by atoms with E-state index in [1.165, 1.54) is 0 Å². The minimum Gasteiger partial charge on any atom is -0.481 e. The van der Waals surface area contributed by atoms with E-state index in [1.54, 1.807) is 0 Å². The number of piperidine rings is 1.